The van der Waals surface area contributed by atoms with E-state index in [4.69, 9.17) is 9.97 Å². The topological polar surface area (TPSA) is 74.8 Å². The van der Waals surface area contributed by atoms with Crippen molar-refractivity contribution in [2.24, 2.45) is 0 Å². The molecule has 0 radical (unpaired) electrons. The van der Waals surface area contributed by atoms with Crippen molar-refractivity contribution in [1.29, 1.82) is 0 Å². The first-order chi connectivity index (χ1) is 13.8. The van der Waals surface area contributed by atoms with Crippen LogP contribution in [0.15, 0.2) is 65.7 Å². The average Bonchev–Trinajstić information content (AvgIpc) is 2.74. The predicted molar refractivity (Wildman–Crippen MR) is 108 cm³/mol. The van der Waals surface area contributed by atoms with Crippen LogP contribution < -0.4 is 5.56 Å². The maximum absolute atomic E-state index is 12.5. The Morgan fingerprint density at radius 2 is 1.96 bits per heavy atom. The van der Waals surface area contributed by atoms with Crippen molar-refractivity contribution in [3.05, 3.63) is 88.2 Å². The third kappa shape index (κ3) is 3.18. The highest BCUT2D eigenvalue weighted by Gasteiger charge is 2.22. The molecular weight excluding hydrogens is 350 g/mol. The van der Waals surface area contributed by atoms with Crippen molar-refractivity contribution in [3.63, 3.8) is 0 Å². The summed E-state index contributed by atoms with van der Waals surface area (Å²) in [6, 6.07) is 16.1. The molecule has 4 heterocycles. The lowest BCUT2D eigenvalue weighted by atomic mass is 10.1. The number of para-hydroxylation sites is 1. The molecule has 1 aliphatic rings. The highest BCUT2D eigenvalue weighted by atomic mass is 16.1. The molecule has 0 atom stereocenters. The largest absolute Gasteiger partial charge is 0.306 e. The molecule has 1 aromatic carbocycles. The molecule has 0 spiro atoms. The first-order valence-electron chi connectivity index (χ1n) is 9.36. The average molecular weight is 369 g/mol. The monoisotopic (exact) mass is 369 g/mol. The lowest BCUT2D eigenvalue weighted by Gasteiger charge is -2.27. The van der Waals surface area contributed by atoms with E-state index >= 15 is 0 Å². The number of aromatic nitrogens is 4. The zero-order valence-corrected chi connectivity index (χ0v) is 15.3. The van der Waals surface area contributed by atoms with Gasteiger partial charge >= 0.3 is 0 Å². The van der Waals surface area contributed by atoms with Gasteiger partial charge < -0.3 is 4.98 Å². The van der Waals surface area contributed by atoms with Crippen LogP contribution in [0.1, 0.15) is 17.0 Å². The van der Waals surface area contributed by atoms with E-state index in [-0.39, 0.29) is 5.56 Å². The van der Waals surface area contributed by atoms with Crippen molar-refractivity contribution in [2.75, 3.05) is 6.54 Å². The Morgan fingerprint density at radius 1 is 1.04 bits per heavy atom. The van der Waals surface area contributed by atoms with E-state index < -0.39 is 0 Å². The third-order valence-corrected chi connectivity index (χ3v) is 5.13. The number of H-pyrrole nitrogens is 1. The molecule has 0 fully saturated rings. The van der Waals surface area contributed by atoms with Gasteiger partial charge in [-0.15, -0.1) is 0 Å². The number of nitrogens with one attached hydrogen (secondary N) is 1. The molecule has 5 rings (SSSR count). The molecular formula is C22H19N5O. The minimum atomic E-state index is -0.0488. The molecule has 138 valence electrons. The Bertz CT molecular complexity index is 1200. The van der Waals surface area contributed by atoms with Crippen LogP contribution in [-0.4, -0.2) is 31.4 Å². The van der Waals surface area contributed by atoms with Gasteiger partial charge in [0.15, 0.2) is 0 Å². The van der Waals surface area contributed by atoms with Gasteiger partial charge in [0.05, 0.1) is 16.9 Å². The lowest BCUT2D eigenvalue weighted by molar-refractivity contribution is 0.238. The number of nitrogens with zero attached hydrogens (tertiary/aromatic N) is 4. The van der Waals surface area contributed by atoms with Gasteiger partial charge in [-0.3, -0.25) is 19.7 Å². The van der Waals surface area contributed by atoms with Crippen LogP contribution in [0, 0.1) is 0 Å². The number of fused-ring (bicyclic) bond motifs is 2. The van der Waals surface area contributed by atoms with E-state index in [9.17, 15) is 4.79 Å². The van der Waals surface area contributed by atoms with Crippen molar-refractivity contribution >= 4 is 10.9 Å². The van der Waals surface area contributed by atoms with Crippen LogP contribution in [0.3, 0.4) is 0 Å². The molecule has 3 aromatic heterocycles. The van der Waals surface area contributed by atoms with Crippen molar-refractivity contribution in [3.8, 4) is 11.4 Å². The van der Waals surface area contributed by atoms with Gasteiger partial charge in [-0.05, 0) is 30.7 Å². The molecule has 4 aromatic rings. The molecule has 28 heavy (non-hydrogen) atoms. The second kappa shape index (κ2) is 6.98. The Morgan fingerprint density at radius 3 is 2.86 bits per heavy atom. The van der Waals surface area contributed by atoms with E-state index in [1.54, 1.807) is 12.4 Å². The summed E-state index contributed by atoms with van der Waals surface area (Å²) in [6.07, 6.45) is 4.11. The maximum atomic E-state index is 12.5. The van der Waals surface area contributed by atoms with Gasteiger partial charge in [-0.1, -0.05) is 24.3 Å². The molecule has 0 bridgehead atoms. The van der Waals surface area contributed by atoms with E-state index in [2.05, 4.69) is 33.1 Å². The van der Waals surface area contributed by atoms with Crippen LogP contribution in [0.4, 0.5) is 0 Å². The van der Waals surface area contributed by atoms with Crippen LogP contribution in [0.2, 0.25) is 0 Å². The summed E-state index contributed by atoms with van der Waals surface area (Å²) in [5.41, 5.74) is 4.43. The van der Waals surface area contributed by atoms with Gasteiger partial charge in [0.2, 0.25) is 0 Å². The molecule has 1 aliphatic heterocycles. The van der Waals surface area contributed by atoms with Crippen LogP contribution >= 0.6 is 0 Å². The Labute approximate surface area is 161 Å². The van der Waals surface area contributed by atoms with Gasteiger partial charge in [0, 0.05) is 48.5 Å². The summed E-state index contributed by atoms with van der Waals surface area (Å²) in [5.74, 6) is 0.572. The first-order valence-corrected chi connectivity index (χ1v) is 9.36. The smallest absolute Gasteiger partial charge is 0.254 e. The molecule has 6 nitrogen and oxygen atoms in total. The number of hydrogen-bond acceptors (Lipinski definition) is 5. The van der Waals surface area contributed by atoms with Crippen LogP contribution in [-0.2, 0) is 19.5 Å². The van der Waals surface area contributed by atoms with Crippen molar-refractivity contribution in [1.82, 2.24) is 24.8 Å². The van der Waals surface area contributed by atoms with Crippen LogP contribution in [0.25, 0.3) is 22.3 Å². The molecule has 0 saturated carbocycles. The number of aromatic amines is 1. The number of hydrogen-bond donors (Lipinski definition) is 1. The number of pyridine rings is 2. The summed E-state index contributed by atoms with van der Waals surface area (Å²) in [4.78, 5) is 31.3. The highest BCUT2D eigenvalue weighted by molar-refractivity contribution is 5.78. The minimum Gasteiger partial charge on any atom is -0.306 e. The van der Waals surface area contributed by atoms with Gasteiger partial charge in [-0.2, -0.15) is 0 Å². The lowest BCUT2D eigenvalue weighted by Crippen LogP contribution is -2.35. The molecule has 0 saturated heterocycles. The quantitative estimate of drug-likeness (QED) is 0.601. The van der Waals surface area contributed by atoms with Crippen molar-refractivity contribution in [2.45, 2.75) is 19.5 Å². The number of benzene rings is 1. The fraction of sp³-hybridized carbons (Fsp3) is 0.182. The fourth-order valence-electron chi connectivity index (χ4n) is 3.69. The first kappa shape index (κ1) is 16.8. The molecule has 6 heteroatoms. The second-order valence-corrected chi connectivity index (χ2v) is 7.04. The zero-order chi connectivity index (χ0) is 18.9. The van der Waals surface area contributed by atoms with E-state index in [0.29, 0.717) is 18.8 Å². The van der Waals surface area contributed by atoms with Crippen molar-refractivity contribution < 1.29 is 0 Å². The SMILES string of the molecule is O=c1[nH]c(-c2cccnc2)nc2c1CCN(Cc1ccc3ccccc3n1)C2. The third-order valence-electron chi connectivity index (χ3n) is 5.13. The molecule has 0 aliphatic carbocycles. The number of rotatable bonds is 3. The Kier molecular flexibility index (Phi) is 4.18. The summed E-state index contributed by atoms with van der Waals surface area (Å²) < 4.78 is 0. The van der Waals surface area contributed by atoms with E-state index in [0.717, 1.165) is 46.5 Å². The van der Waals surface area contributed by atoms with E-state index in [1.807, 2.05) is 30.3 Å². The van der Waals surface area contributed by atoms with Crippen LogP contribution in [0.5, 0.6) is 0 Å². The zero-order valence-electron chi connectivity index (χ0n) is 15.3. The second-order valence-electron chi connectivity index (χ2n) is 7.04. The molecule has 0 amide bonds. The molecule has 0 unspecified atom stereocenters. The normalized spacial score (nSPS) is 14.1. The predicted octanol–water partition coefficient (Wildman–Crippen LogP) is 2.94. The Hall–Kier alpha value is -3.38. The van der Waals surface area contributed by atoms with Gasteiger partial charge in [0.25, 0.3) is 5.56 Å². The van der Waals surface area contributed by atoms with Gasteiger partial charge in [0.1, 0.15) is 5.82 Å². The van der Waals surface area contributed by atoms with E-state index in [1.165, 1.54) is 0 Å². The summed E-state index contributed by atoms with van der Waals surface area (Å²) in [6.45, 7) is 2.19. The standard InChI is InChI=1S/C22H19N5O/c28-22-18-9-11-27(13-17-8-7-15-4-1-2-6-19(15)24-17)14-20(18)25-21(26-22)16-5-3-10-23-12-16/h1-8,10,12H,9,11,13-14H2,(H,25,26,28). The summed E-state index contributed by atoms with van der Waals surface area (Å²) in [7, 11) is 0. The summed E-state index contributed by atoms with van der Waals surface area (Å²) >= 11 is 0. The highest BCUT2D eigenvalue weighted by Crippen LogP contribution is 2.20. The Balaban J connectivity index is 1.42. The fourth-order valence-corrected chi connectivity index (χ4v) is 3.69. The maximum Gasteiger partial charge on any atom is 0.254 e. The summed E-state index contributed by atoms with van der Waals surface area (Å²) in [5, 5.41) is 1.14. The van der Waals surface area contributed by atoms with Gasteiger partial charge in [-0.25, -0.2) is 4.98 Å². The molecule has 1 N–H and O–H groups in total. The minimum absolute atomic E-state index is 0.0488.